The third-order valence-corrected chi connectivity index (χ3v) is 9.17. The van der Waals surface area contributed by atoms with Crippen LogP contribution in [0.2, 0.25) is 0 Å². The molecule has 0 bridgehead atoms. The van der Waals surface area contributed by atoms with Crippen molar-refractivity contribution in [3.05, 3.63) is 170 Å². The molecular formula is C45H28N4O. The van der Waals surface area contributed by atoms with Gasteiger partial charge in [0.25, 0.3) is 0 Å². The SMILES string of the molecule is [2H]c1c([2H])c([2H])c(-c2ccc(-c3ccccc3)c3oc4cc(-c5nc(-c6ccccc6)nc(-n6c7ccccc7c7ccccc76)n5)ccc4c23)c([2H])c1[2H]. The predicted molar refractivity (Wildman–Crippen MR) is 203 cm³/mol. The fourth-order valence-electron chi connectivity index (χ4n) is 6.90. The number of benzene rings is 7. The lowest BCUT2D eigenvalue weighted by atomic mass is 9.94. The molecule has 0 fully saturated rings. The lowest BCUT2D eigenvalue weighted by Crippen LogP contribution is -2.06. The van der Waals surface area contributed by atoms with E-state index in [1.54, 1.807) is 0 Å². The second kappa shape index (κ2) is 11.4. The summed E-state index contributed by atoms with van der Waals surface area (Å²) in [7, 11) is 0. The van der Waals surface area contributed by atoms with Crippen molar-refractivity contribution >= 4 is 43.7 Å². The van der Waals surface area contributed by atoms with Crippen LogP contribution < -0.4 is 0 Å². The van der Waals surface area contributed by atoms with Gasteiger partial charge in [0.1, 0.15) is 11.2 Å². The monoisotopic (exact) mass is 645 g/mol. The summed E-state index contributed by atoms with van der Waals surface area (Å²) < 4.78 is 51.4. The maximum atomic E-state index is 8.82. The highest BCUT2D eigenvalue weighted by atomic mass is 16.3. The summed E-state index contributed by atoms with van der Waals surface area (Å²) in [6.45, 7) is 0. The number of hydrogen-bond donors (Lipinski definition) is 0. The van der Waals surface area contributed by atoms with Gasteiger partial charge >= 0.3 is 0 Å². The zero-order valence-corrected chi connectivity index (χ0v) is 26.5. The first-order chi connectivity index (χ1) is 26.9. The normalized spacial score (nSPS) is 13.0. The Balaban J connectivity index is 1.24. The molecule has 0 saturated heterocycles. The Bertz CT molecular complexity index is 3080. The fraction of sp³-hybridized carbons (Fsp3) is 0. The molecule has 5 heteroatoms. The minimum absolute atomic E-state index is 0.114. The second-order valence-electron chi connectivity index (χ2n) is 12.1. The van der Waals surface area contributed by atoms with Crippen LogP contribution in [0.15, 0.2) is 174 Å². The molecule has 0 radical (unpaired) electrons. The van der Waals surface area contributed by atoms with Crippen LogP contribution >= 0.6 is 0 Å². The number of para-hydroxylation sites is 2. The van der Waals surface area contributed by atoms with Crippen LogP contribution in [0, 0.1) is 0 Å². The number of nitrogens with zero attached hydrogens (tertiary/aromatic N) is 4. The predicted octanol–water partition coefficient (Wildman–Crippen LogP) is 11.5. The summed E-state index contributed by atoms with van der Waals surface area (Å²) >= 11 is 0. The molecule has 0 atom stereocenters. The highest BCUT2D eigenvalue weighted by Crippen LogP contribution is 2.42. The van der Waals surface area contributed by atoms with Crippen LogP contribution in [-0.2, 0) is 0 Å². The molecule has 3 heterocycles. The second-order valence-corrected chi connectivity index (χ2v) is 12.1. The number of hydrogen-bond acceptors (Lipinski definition) is 4. The summed E-state index contributed by atoms with van der Waals surface area (Å²) in [6.07, 6.45) is 0. The van der Waals surface area contributed by atoms with Crippen molar-refractivity contribution in [2.45, 2.75) is 0 Å². The van der Waals surface area contributed by atoms with Crippen LogP contribution in [0.1, 0.15) is 6.85 Å². The first kappa shape index (κ1) is 23.5. The van der Waals surface area contributed by atoms with E-state index >= 15 is 0 Å². The van der Waals surface area contributed by atoms with Gasteiger partial charge in [0.15, 0.2) is 11.6 Å². The fourth-order valence-corrected chi connectivity index (χ4v) is 6.90. The largest absolute Gasteiger partial charge is 0.455 e. The molecule has 7 aromatic carbocycles. The number of furan rings is 1. The quantitative estimate of drug-likeness (QED) is 0.187. The van der Waals surface area contributed by atoms with Gasteiger partial charge in [0, 0.05) is 38.2 Å². The Labute approximate surface area is 294 Å². The smallest absolute Gasteiger partial charge is 0.238 e. The highest BCUT2D eigenvalue weighted by Gasteiger charge is 2.20. The minimum Gasteiger partial charge on any atom is -0.455 e. The van der Waals surface area contributed by atoms with Gasteiger partial charge in [-0.2, -0.15) is 9.97 Å². The molecule has 50 heavy (non-hydrogen) atoms. The van der Waals surface area contributed by atoms with Crippen molar-refractivity contribution in [3.63, 3.8) is 0 Å². The highest BCUT2D eigenvalue weighted by molar-refractivity contribution is 6.16. The van der Waals surface area contributed by atoms with E-state index in [0.717, 1.165) is 43.9 Å². The Hall–Kier alpha value is -6.85. The molecule has 5 nitrogen and oxygen atoms in total. The maximum absolute atomic E-state index is 8.82. The molecule has 10 aromatic rings. The summed E-state index contributed by atoms with van der Waals surface area (Å²) in [6, 6.07) is 43.7. The summed E-state index contributed by atoms with van der Waals surface area (Å²) in [4.78, 5) is 15.1. The molecule has 0 aliphatic carbocycles. The van der Waals surface area contributed by atoms with Gasteiger partial charge in [-0.05, 0) is 47.0 Å². The molecule has 234 valence electrons. The van der Waals surface area contributed by atoms with Crippen molar-refractivity contribution < 1.29 is 11.3 Å². The maximum Gasteiger partial charge on any atom is 0.238 e. The van der Waals surface area contributed by atoms with Gasteiger partial charge in [-0.25, -0.2) is 4.98 Å². The van der Waals surface area contributed by atoms with E-state index in [1.165, 1.54) is 0 Å². The lowest BCUT2D eigenvalue weighted by Gasteiger charge is -2.11. The number of aromatic nitrogens is 4. The minimum atomic E-state index is -0.440. The van der Waals surface area contributed by atoms with Gasteiger partial charge in [-0.3, -0.25) is 4.57 Å². The van der Waals surface area contributed by atoms with E-state index in [2.05, 4.69) is 28.8 Å². The molecule has 0 aliphatic heterocycles. The first-order valence-electron chi connectivity index (χ1n) is 18.8. The number of fused-ring (bicyclic) bond motifs is 6. The molecule has 0 N–H and O–H groups in total. The van der Waals surface area contributed by atoms with Crippen molar-refractivity contribution in [2.75, 3.05) is 0 Å². The molecule has 10 rings (SSSR count). The Morgan fingerprint density at radius 2 is 1.08 bits per heavy atom. The molecule has 0 spiro atoms. The molecular weight excluding hydrogens is 613 g/mol. The van der Waals surface area contributed by atoms with Gasteiger partial charge < -0.3 is 4.42 Å². The molecule has 0 unspecified atom stereocenters. The third-order valence-electron chi connectivity index (χ3n) is 9.17. The van der Waals surface area contributed by atoms with Crippen LogP contribution in [0.4, 0.5) is 0 Å². The van der Waals surface area contributed by atoms with Gasteiger partial charge in [0.2, 0.25) is 5.95 Å². The zero-order chi connectivity index (χ0) is 37.4. The van der Waals surface area contributed by atoms with E-state index in [9.17, 15) is 0 Å². The molecule has 3 aromatic heterocycles. The van der Waals surface area contributed by atoms with Crippen LogP contribution in [-0.4, -0.2) is 19.5 Å². The van der Waals surface area contributed by atoms with E-state index in [-0.39, 0.29) is 17.6 Å². The van der Waals surface area contributed by atoms with Gasteiger partial charge in [0.05, 0.1) is 17.9 Å². The summed E-state index contributed by atoms with van der Waals surface area (Å²) in [5.74, 6) is 1.44. The first-order valence-corrected chi connectivity index (χ1v) is 16.3. The third kappa shape index (κ3) is 4.52. The van der Waals surface area contributed by atoms with Gasteiger partial charge in [-0.1, -0.05) is 139 Å². The Morgan fingerprint density at radius 1 is 0.480 bits per heavy atom. The van der Waals surface area contributed by atoms with Crippen molar-refractivity contribution in [1.29, 1.82) is 0 Å². The average molecular weight is 646 g/mol. The van der Waals surface area contributed by atoms with Crippen LogP contribution in [0.25, 0.3) is 94.7 Å². The van der Waals surface area contributed by atoms with E-state index < -0.39 is 18.1 Å². The summed E-state index contributed by atoms with van der Waals surface area (Å²) in [5.41, 5.74) is 6.88. The topological polar surface area (TPSA) is 56.7 Å². The molecule has 0 aliphatic rings. The Morgan fingerprint density at radius 3 is 1.78 bits per heavy atom. The van der Waals surface area contributed by atoms with Crippen LogP contribution in [0.5, 0.6) is 0 Å². The number of rotatable bonds is 5. The molecule has 0 saturated carbocycles. The standard InChI is InChI=1S/C45H28N4O/c1-4-14-29(15-5-1)33-26-27-34(30-16-6-2-7-17-30)42-41(33)37-25-24-32(28-40(37)50-42)44-46-43(31-18-8-3-9-19-31)47-45(48-44)49-38-22-12-10-20-35(38)36-21-11-13-23-39(36)49/h1-28H/i1D,4D,5D,14D,15D. The summed E-state index contributed by atoms with van der Waals surface area (Å²) in [5, 5.41) is 3.55. The van der Waals surface area contributed by atoms with Crippen molar-refractivity contribution in [3.8, 4) is 51.0 Å². The molecule has 0 amide bonds. The van der Waals surface area contributed by atoms with Gasteiger partial charge in [-0.15, -0.1) is 0 Å². The average Bonchev–Trinajstić information content (AvgIpc) is 3.79. The van der Waals surface area contributed by atoms with E-state index in [1.807, 2.05) is 115 Å². The van der Waals surface area contributed by atoms with E-state index in [0.29, 0.717) is 45.3 Å². The lowest BCUT2D eigenvalue weighted by molar-refractivity contribution is 0.670. The Kier molecular flexibility index (Phi) is 5.35. The van der Waals surface area contributed by atoms with E-state index in [4.69, 9.17) is 26.2 Å². The van der Waals surface area contributed by atoms with Crippen molar-refractivity contribution in [1.82, 2.24) is 19.5 Å². The van der Waals surface area contributed by atoms with Crippen molar-refractivity contribution in [2.24, 2.45) is 0 Å². The zero-order valence-electron chi connectivity index (χ0n) is 31.5. The van der Waals surface area contributed by atoms with Crippen LogP contribution in [0.3, 0.4) is 0 Å².